The van der Waals surface area contributed by atoms with Gasteiger partial charge in [-0.25, -0.2) is 9.97 Å². The van der Waals surface area contributed by atoms with Crippen LogP contribution < -0.4 is 11.3 Å². The molecule has 0 aliphatic heterocycles. The van der Waals surface area contributed by atoms with Crippen molar-refractivity contribution in [1.29, 1.82) is 0 Å². The highest BCUT2D eigenvalue weighted by Gasteiger charge is 2.16. The van der Waals surface area contributed by atoms with Crippen molar-refractivity contribution in [3.8, 4) is 5.82 Å². The predicted octanol–water partition coefficient (Wildman–Crippen LogP) is 1.37. The van der Waals surface area contributed by atoms with Crippen LogP contribution in [0.1, 0.15) is 5.82 Å². The van der Waals surface area contributed by atoms with E-state index >= 15 is 0 Å². The molecule has 0 saturated carbocycles. The summed E-state index contributed by atoms with van der Waals surface area (Å²) in [5.74, 6) is 1.30. The lowest BCUT2D eigenvalue weighted by Crippen LogP contribution is -2.15. The largest absolute Gasteiger partial charge is 0.330 e. The highest BCUT2D eigenvalue weighted by molar-refractivity contribution is 9.10. The molecule has 0 aliphatic carbocycles. The standard InChI is InChI=1S/C13H12BrN5O/c14-11-12(16-7-17-13(11)20)19-9-4-2-1-3-8(9)18-10(19)5-6-15/h1-4,7H,5-6,15H2,(H,16,17,20). The lowest BCUT2D eigenvalue weighted by molar-refractivity contribution is 0.826. The first-order valence-corrected chi connectivity index (χ1v) is 6.91. The molecule has 0 atom stereocenters. The maximum absolute atomic E-state index is 11.7. The topological polar surface area (TPSA) is 89.6 Å². The molecule has 0 fully saturated rings. The van der Waals surface area contributed by atoms with Crippen molar-refractivity contribution in [2.24, 2.45) is 5.73 Å². The highest BCUT2D eigenvalue weighted by Crippen LogP contribution is 2.23. The molecular weight excluding hydrogens is 322 g/mol. The van der Waals surface area contributed by atoms with Crippen molar-refractivity contribution < 1.29 is 0 Å². The van der Waals surface area contributed by atoms with Gasteiger partial charge < -0.3 is 10.7 Å². The van der Waals surface area contributed by atoms with E-state index in [0.29, 0.717) is 23.3 Å². The molecule has 3 aromatic rings. The van der Waals surface area contributed by atoms with Crippen LogP contribution in [0, 0.1) is 0 Å². The zero-order valence-corrected chi connectivity index (χ0v) is 12.1. The number of rotatable bonds is 3. The molecule has 1 aromatic carbocycles. The van der Waals surface area contributed by atoms with Crippen molar-refractivity contribution in [1.82, 2.24) is 19.5 Å². The molecule has 3 rings (SSSR count). The first-order chi connectivity index (χ1) is 9.72. The van der Waals surface area contributed by atoms with Gasteiger partial charge in [0.2, 0.25) is 0 Å². The van der Waals surface area contributed by atoms with Crippen LogP contribution in [0.2, 0.25) is 0 Å². The van der Waals surface area contributed by atoms with Crippen LogP contribution in [0.5, 0.6) is 0 Å². The fourth-order valence-corrected chi connectivity index (χ4v) is 2.53. The minimum atomic E-state index is -0.230. The third-order valence-corrected chi connectivity index (χ3v) is 3.70. The lowest BCUT2D eigenvalue weighted by atomic mass is 10.3. The molecule has 20 heavy (non-hydrogen) atoms. The summed E-state index contributed by atoms with van der Waals surface area (Å²) in [5, 5.41) is 0. The van der Waals surface area contributed by atoms with Crippen molar-refractivity contribution in [3.05, 3.63) is 51.2 Å². The second kappa shape index (κ2) is 5.18. The molecule has 0 amide bonds. The number of aromatic nitrogens is 4. The van der Waals surface area contributed by atoms with Gasteiger partial charge in [0.15, 0.2) is 5.82 Å². The predicted molar refractivity (Wildman–Crippen MR) is 79.9 cm³/mol. The lowest BCUT2D eigenvalue weighted by Gasteiger charge is -2.08. The molecule has 3 N–H and O–H groups in total. The molecule has 2 aromatic heterocycles. The van der Waals surface area contributed by atoms with Crippen LogP contribution in [0.3, 0.4) is 0 Å². The van der Waals surface area contributed by atoms with E-state index in [4.69, 9.17) is 5.73 Å². The van der Waals surface area contributed by atoms with E-state index in [1.807, 2.05) is 28.8 Å². The Hall–Kier alpha value is -1.99. The van der Waals surface area contributed by atoms with E-state index in [0.717, 1.165) is 16.9 Å². The van der Waals surface area contributed by atoms with Crippen LogP contribution in [0.15, 0.2) is 39.9 Å². The number of nitrogens with two attached hydrogens (primary N) is 1. The summed E-state index contributed by atoms with van der Waals surface area (Å²) in [6.07, 6.45) is 1.99. The van der Waals surface area contributed by atoms with Gasteiger partial charge in [-0.15, -0.1) is 0 Å². The molecule has 6 nitrogen and oxygen atoms in total. The van der Waals surface area contributed by atoms with E-state index in [-0.39, 0.29) is 5.56 Å². The third kappa shape index (κ3) is 2.04. The Bertz CT molecular complexity index is 823. The Kier molecular flexibility index (Phi) is 3.37. The number of para-hydroxylation sites is 2. The third-order valence-electron chi connectivity index (χ3n) is 2.99. The van der Waals surface area contributed by atoms with Crippen molar-refractivity contribution in [2.75, 3.05) is 6.54 Å². The number of nitrogens with zero attached hydrogens (tertiary/aromatic N) is 3. The Morgan fingerprint density at radius 3 is 2.95 bits per heavy atom. The summed E-state index contributed by atoms with van der Waals surface area (Å²) in [7, 11) is 0. The number of H-pyrrole nitrogens is 1. The van der Waals surface area contributed by atoms with E-state index in [9.17, 15) is 4.79 Å². The first-order valence-electron chi connectivity index (χ1n) is 6.12. The summed E-state index contributed by atoms with van der Waals surface area (Å²) >= 11 is 3.29. The van der Waals surface area contributed by atoms with Gasteiger partial charge >= 0.3 is 0 Å². The highest BCUT2D eigenvalue weighted by atomic mass is 79.9. The summed E-state index contributed by atoms with van der Waals surface area (Å²) in [5.41, 5.74) is 7.16. The quantitative estimate of drug-likeness (QED) is 0.757. The van der Waals surface area contributed by atoms with E-state index in [1.54, 1.807) is 0 Å². The number of halogens is 1. The van der Waals surface area contributed by atoms with Crippen molar-refractivity contribution in [2.45, 2.75) is 6.42 Å². The Morgan fingerprint density at radius 1 is 1.35 bits per heavy atom. The average Bonchev–Trinajstić information content (AvgIpc) is 2.80. The number of fused-ring (bicyclic) bond motifs is 1. The fraction of sp³-hybridized carbons (Fsp3) is 0.154. The smallest absolute Gasteiger partial charge is 0.267 e. The zero-order chi connectivity index (χ0) is 14.1. The molecule has 0 spiro atoms. The summed E-state index contributed by atoms with van der Waals surface area (Å²) in [6, 6.07) is 7.71. The van der Waals surface area contributed by atoms with Crippen LogP contribution in [0.25, 0.3) is 16.9 Å². The number of benzene rings is 1. The second-order valence-corrected chi connectivity index (χ2v) is 5.05. The number of imidazole rings is 1. The molecule has 0 saturated heterocycles. The molecule has 0 radical (unpaired) electrons. The van der Waals surface area contributed by atoms with Gasteiger partial charge in [-0.3, -0.25) is 9.36 Å². The van der Waals surface area contributed by atoms with Gasteiger partial charge in [0, 0.05) is 6.42 Å². The van der Waals surface area contributed by atoms with Gasteiger partial charge in [-0.1, -0.05) is 12.1 Å². The fourth-order valence-electron chi connectivity index (χ4n) is 2.14. The van der Waals surface area contributed by atoms with Crippen LogP contribution in [0.4, 0.5) is 0 Å². The molecule has 7 heteroatoms. The molecule has 0 bridgehead atoms. The van der Waals surface area contributed by atoms with E-state index in [2.05, 4.69) is 30.9 Å². The number of nitrogens with one attached hydrogen (secondary N) is 1. The number of hydrogen-bond acceptors (Lipinski definition) is 4. The number of aromatic amines is 1. The van der Waals surface area contributed by atoms with Gasteiger partial charge in [-0.05, 0) is 34.6 Å². The molecule has 102 valence electrons. The van der Waals surface area contributed by atoms with Crippen LogP contribution in [-0.2, 0) is 6.42 Å². The maximum Gasteiger partial charge on any atom is 0.267 e. The summed E-state index contributed by atoms with van der Waals surface area (Å²) in [4.78, 5) is 23.1. The van der Waals surface area contributed by atoms with E-state index < -0.39 is 0 Å². The first kappa shape index (κ1) is 13.0. The van der Waals surface area contributed by atoms with Crippen LogP contribution >= 0.6 is 15.9 Å². The SMILES string of the molecule is NCCc1nc2ccccc2n1-c1nc[nH]c(=O)c1Br. The second-order valence-electron chi connectivity index (χ2n) is 4.26. The molecular formula is C13H12BrN5O. The van der Waals surface area contributed by atoms with Gasteiger partial charge in [0.05, 0.1) is 17.4 Å². The zero-order valence-electron chi connectivity index (χ0n) is 10.5. The van der Waals surface area contributed by atoms with Gasteiger partial charge in [0.25, 0.3) is 5.56 Å². The molecule has 0 aliphatic rings. The molecule has 2 heterocycles. The van der Waals surface area contributed by atoms with Gasteiger partial charge in [-0.2, -0.15) is 0 Å². The number of hydrogen-bond donors (Lipinski definition) is 2. The van der Waals surface area contributed by atoms with Crippen molar-refractivity contribution >= 4 is 27.0 Å². The molecule has 0 unspecified atom stereocenters. The Balaban J connectivity index is 2.36. The maximum atomic E-state index is 11.7. The monoisotopic (exact) mass is 333 g/mol. The van der Waals surface area contributed by atoms with Gasteiger partial charge in [0.1, 0.15) is 10.3 Å². The summed E-state index contributed by atoms with van der Waals surface area (Å²) < 4.78 is 2.24. The Labute approximate surface area is 122 Å². The Morgan fingerprint density at radius 2 is 2.15 bits per heavy atom. The van der Waals surface area contributed by atoms with Crippen molar-refractivity contribution in [3.63, 3.8) is 0 Å². The summed E-state index contributed by atoms with van der Waals surface area (Å²) in [6.45, 7) is 0.476. The minimum Gasteiger partial charge on any atom is -0.330 e. The minimum absolute atomic E-state index is 0.230. The van der Waals surface area contributed by atoms with Crippen LogP contribution in [-0.4, -0.2) is 26.1 Å². The average molecular weight is 334 g/mol. The van der Waals surface area contributed by atoms with E-state index in [1.165, 1.54) is 6.33 Å². The normalized spacial score (nSPS) is 11.1.